The zero-order valence-corrected chi connectivity index (χ0v) is 15.3. The fraction of sp³-hybridized carbons (Fsp3) is 0.400. The molecule has 0 N–H and O–H groups in total. The number of amides is 1. The molecule has 0 unspecified atom stereocenters. The number of ether oxygens (including phenoxy) is 1. The Morgan fingerprint density at radius 3 is 2.96 bits per heavy atom. The highest BCUT2D eigenvalue weighted by atomic mass is 16.5. The number of benzene rings is 1. The fourth-order valence-corrected chi connectivity index (χ4v) is 3.79. The topological polar surface area (TPSA) is 52.3 Å². The van der Waals surface area contributed by atoms with Crippen LogP contribution in [0.2, 0.25) is 0 Å². The van der Waals surface area contributed by atoms with Crippen LogP contribution >= 0.6 is 0 Å². The van der Waals surface area contributed by atoms with Gasteiger partial charge in [-0.2, -0.15) is 5.10 Å². The molecule has 0 aliphatic carbocycles. The minimum absolute atomic E-state index is 0.00402. The highest BCUT2D eigenvalue weighted by Gasteiger charge is 2.30. The number of hydrogen-bond acceptors (Lipinski definition) is 3. The summed E-state index contributed by atoms with van der Waals surface area (Å²) in [7, 11) is 1.88. The number of rotatable bonds is 5. The maximum Gasteiger partial charge on any atom is 0.275 e. The van der Waals surface area contributed by atoms with Crippen LogP contribution in [-0.4, -0.2) is 44.9 Å². The fourth-order valence-electron chi connectivity index (χ4n) is 3.79. The van der Waals surface area contributed by atoms with E-state index in [9.17, 15) is 4.79 Å². The second kappa shape index (κ2) is 6.96. The molecule has 0 radical (unpaired) electrons. The predicted octanol–water partition coefficient (Wildman–Crippen LogP) is 3.00. The van der Waals surface area contributed by atoms with E-state index in [1.54, 1.807) is 4.68 Å². The zero-order chi connectivity index (χ0) is 18.1. The van der Waals surface area contributed by atoms with Crippen molar-refractivity contribution in [1.29, 1.82) is 0 Å². The Bertz CT molecular complexity index is 927. The van der Waals surface area contributed by atoms with Gasteiger partial charge in [-0.1, -0.05) is 18.2 Å². The average molecular weight is 352 g/mol. The van der Waals surface area contributed by atoms with E-state index in [4.69, 9.17) is 4.74 Å². The Kier molecular flexibility index (Phi) is 4.51. The molecule has 0 bridgehead atoms. The normalized spacial score (nSPS) is 16.8. The van der Waals surface area contributed by atoms with E-state index in [1.807, 2.05) is 49.2 Å². The smallest absolute Gasteiger partial charge is 0.275 e. The van der Waals surface area contributed by atoms with Gasteiger partial charge in [0.2, 0.25) is 0 Å². The van der Waals surface area contributed by atoms with E-state index in [2.05, 4.69) is 21.9 Å². The summed E-state index contributed by atoms with van der Waals surface area (Å²) in [6.45, 7) is 4.71. The van der Waals surface area contributed by atoms with Crippen molar-refractivity contribution in [3.05, 3.63) is 54.0 Å². The first-order valence-corrected chi connectivity index (χ1v) is 9.13. The molecule has 1 aliphatic rings. The van der Waals surface area contributed by atoms with E-state index >= 15 is 0 Å². The molecule has 0 saturated heterocycles. The number of carbonyl (C=O) groups is 1. The maximum atomic E-state index is 13.2. The summed E-state index contributed by atoms with van der Waals surface area (Å²) < 4.78 is 9.59. The second-order valence-electron chi connectivity index (χ2n) is 6.72. The van der Waals surface area contributed by atoms with Crippen molar-refractivity contribution >= 4 is 16.8 Å². The lowest BCUT2D eigenvalue weighted by atomic mass is 10.1. The SMILES string of the molecule is CCOCC[C@H]1CN(C(=O)c2nn(C)c3ccccc23)Cc2cccn21. The van der Waals surface area contributed by atoms with Crippen molar-refractivity contribution in [1.82, 2.24) is 19.2 Å². The molecule has 0 saturated carbocycles. The molecule has 1 aliphatic heterocycles. The van der Waals surface area contributed by atoms with Gasteiger partial charge in [-0.05, 0) is 31.5 Å². The molecule has 136 valence electrons. The van der Waals surface area contributed by atoms with Crippen LogP contribution in [0.4, 0.5) is 0 Å². The molecule has 26 heavy (non-hydrogen) atoms. The molecule has 0 fully saturated rings. The molecular weight excluding hydrogens is 328 g/mol. The lowest BCUT2D eigenvalue weighted by Gasteiger charge is -2.35. The molecule has 3 heterocycles. The van der Waals surface area contributed by atoms with Gasteiger partial charge in [0.05, 0.1) is 18.1 Å². The third-order valence-electron chi connectivity index (χ3n) is 5.09. The quantitative estimate of drug-likeness (QED) is 0.663. The summed E-state index contributed by atoms with van der Waals surface area (Å²) in [5.74, 6) is -0.00402. The minimum atomic E-state index is -0.00402. The van der Waals surface area contributed by atoms with Gasteiger partial charge in [-0.3, -0.25) is 9.48 Å². The van der Waals surface area contributed by atoms with Crippen molar-refractivity contribution in [2.45, 2.75) is 25.9 Å². The first-order valence-electron chi connectivity index (χ1n) is 9.13. The van der Waals surface area contributed by atoms with Crippen LogP contribution in [0.3, 0.4) is 0 Å². The van der Waals surface area contributed by atoms with Gasteiger partial charge in [-0.25, -0.2) is 0 Å². The summed E-state index contributed by atoms with van der Waals surface area (Å²) in [4.78, 5) is 15.2. The van der Waals surface area contributed by atoms with Crippen molar-refractivity contribution in [2.75, 3.05) is 19.8 Å². The molecular formula is C20H24N4O2. The van der Waals surface area contributed by atoms with Gasteiger partial charge < -0.3 is 14.2 Å². The molecule has 6 heteroatoms. The summed E-state index contributed by atoms with van der Waals surface area (Å²) in [6, 6.07) is 12.2. The van der Waals surface area contributed by atoms with Gasteiger partial charge in [0, 0.05) is 44.1 Å². The van der Waals surface area contributed by atoms with Crippen LogP contribution in [0.25, 0.3) is 10.9 Å². The summed E-state index contributed by atoms with van der Waals surface area (Å²) in [5.41, 5.74) is 2.67. The number of carbonyl (C=O) groups excluding carboxylic acids is 1. The first-order chi connectivity index (χ1) is 12.7. The molecule has 2 aromatic heterocycles. The van der Waals surface area contributed by atoms with E-state index in [-0.39, 0.29) is 11.9 Å². The van der Waals surface area contributed by atoms with Gasteiger partial charge in [0.15, 0.2) is 5.69 Å². The second-order valence-corrected chi connectivity index (χ2v) is 6.72. The number of hydrogen-bond donors (Lipinski definition) is 0. The number of aromatic nitrogens is 3. The van der Waals surface area contributed by atoms with Gasteiger partial charge in [0.25, 0.3) is 5.91 Å². The minimum Gasteiger partial charge on any atom is -0.382 e. The predicted molar refractivity (Wildman–Crippen MR) is 100 cm³/mol. The highest BCUT2D eigenvalue weighted by molar-refractivity contribution is 6.04. The van der Waals surface area contributed by atoms with Crippen LogP contribution in [0, 0.1) is 0 Å². The number of fused-ring (bicyclic) bond motifs is 2. The number of para-hydroxylation sites is 1. The van der Waals surface area contributed by atoms with Crippen molar-refractivity contribution in [3.8, 4) is 0 Å². The molecule has 1 amide bonds. The summed E-state index contributed by atoms with van der Waals surface area (Å²) in [6.07, 6.45) is 2.99. The highest BCUT2D eigenvalue weighted by Crippen LogP contribution is 2.27. The molecule has 3 aromatic rings. The third kappa shape index (κ3) is 2.90. The van der Waals surface area contributed by atoms with Crippen molar-refractivity contribution in [2.24, 2.45) is 7.05 Å². The van der Waals surface area contributed by atoms with Gasteiger partial charge >= 0.3 is 0 Å². The Balaban J connectivity index is 1.62. The standard InChI is InChI=1S/C20H24N4O2/c1-3-26-12-10-16-14-23(13-15-7-6-11-24(15)16)20(25)19-17-8-4-5-9-18(17)22(2)21-19/h4-9,11,16H,3,10,12-14H2,1-2H3/t16-/m0/s1. The Labute approximate surface area is 153 Å². The van der Waals surface area contributed by atoms with Crippen molar-refractivity contribution in [3.63, 3.8) is 0 Å². The largest absolute Gasteiger partial charge is 0.382 e. The van der Waals surface area contributed by atoms with Crippen LogP contribution < -0.4 is 0 Å². The Morgan fingerprint density at radius 2 is 2.12 bits per heavy atom. The van der Waals surface area contributed by atoms with Crippen LogP contribution in [0.1, 0.15) is 35.6 Å². The summed E-state index contributed by atoms with van der Waals surface area (Å²) >= 11 is 0. The van der Waals surface area contributed by atoms with Gasteiger partial charge in [0.1, 0.15) is 0 Å². The van der Waals surface area contributed by atoms with Crippen LogP contribution in [-0.2, 0) is 18.3 Å². The molecule has 0 spiro atoms. The Hall–Kier alpha value is -2.60. The average Bonchev–Trinajstić information content (AvgIpc) is 3.26. The number of nitrogens with zero attached hydrogens (tertiary/aromatic N) is 4. The Morgan fingerprint density at radius 1 is 1.27 bits per heavy atom. The first kappa shape index (κ1) is 16.8. The maximum absolute atomic E-state index is 13.2. The van der Waals surface area contributed by atoms with E-state index in [0.29, 0.717) is 32.0 Å². The molecule has 1 atom stereocenters. The summed E-state index contributed by atoms with van der Waals surface area (Å²) in [5, 5.41) is 5.41. The van der Waals surface area contributed by atoms with Crippen molar-refractivity contribution < 1.29 is 9.53 Å². The lowest BCUT2D eigenvalue weighted by Crippen LogP contribution is -2.41. The molecule has 6 nitrogen and oxygen atoms in total. The number of aryl methyl sites for hydroxylation is 1. The van der Waals surface area contributed by atoms with E-state index in [0.717, 1.165) is 23.0 Å². The molecule has 4 rings (SSSR count). The lowest BCUT2D eigenvalue weighted by molar-refractivity contribution is 0.0635. The zero-order valence-electron chi connectivity index (χ0n) is 15.3. The van der Waals surface area contributed by atoms with E-state index in [1.165, 1.54) is 0 Å². The van der Waals surface area contributed by atoms with Gasteiger partial charge in [-0.15, -0.1) is 0 Å². The van der Waals surface area contributed by atoms with E-state index < -0.39 is 0 Å². The third-order valence-corrected chi connectivity index (χ3v) is 5.09. The van der Waals surface area contributed by atoms with Crippen LogP contribution in [0.15, 0.2) is 42.6 Å². The monoisotopic (exact) mass is 352 g/mol. The van der Waals surface area contributed by atoms with Crippen LogP contribution in [0.5, 0.6) is 0 Å². The molecule has 1 aromatic carbocycles.